The van der Waals surface area contributed by atoms with Gasteiger partial charge in [0, 0.05) is 38.8 Å². The fourth-order valence-corrected chi connectivity index (χ4v) is 2.42. The van der Waals surface area contributed by atoms with Crippen LogP contribution in [0, 0.1) is 6.92 Å². The number of nitrogens with two attached hydrogens (primary N) is 1. The quantitative estimate of drug-likeness (QED) is 0.852. The molecule has 2 N–H and O–H groups in total. The standard InChI is InChI=1S/C14H23N3/c1-12-3-5-13(6-4-12)14(11-15)17-9-7-16(2)8-10-17/h3-6,14H,7-11,15H2,1-2H3/t14-/m0/s1. The van der Waals surface area contributed by atoms with E-state index in [4.69, 9.17) is 5.73 Å². The normalized spacial score (nSPS) is 20.4. The molecule has 1 aliphatic heterocycles. The van der Waals surface area contributed by atoms with Crippen LogP contribution in [-0.4, -0.2) is 49.6 Å². The largest absolute Gasteiger partial charge is 0.329 e. The third kappa shape index (κ3) is 3.06. The zero-order valence-corrected chi connectivity index (χ0v) is 10.9. The smallest absolute Gasteiger partial charge is 0.0471 e. The van der Waals surface area contributed by atoms with E-state index >= 15 is 0 Å². The van der Waals surface area contributed by atoms with E-state index in [1.807, 2.05) is 0 Å². The van der Waals surface area contributed by atoms with Gasteiger partial charge in [0.2, 0.25) is 0 Å². The van der Waals surface area contributed by atoms with Crippen LogP contribution in [-0.2, 0) is 0 Å². The fraction of sp³-hybridized carbons (Fsp3) is 0.571. The number of piperazine rings is 1. The lowest BCUT2D eigenvalue weighted by molar-refractivity contribution is 0.114. The van der Waals surface area contributed by atoms with E-state index in [0.29, 0.717) is 12.6 Å². The number of hydrogen-bond donors (Lipinski definition) is 1. The molecule has 2 rings (SSSR count). The van der Waals surface area contributed by atoms with Crippen LogP contribution in [0.2, 0.25) is 0 Å². The van der Waals surface area contributed by atoms with Gasteiger partial charge < -0.3 is 10.6 Å². The number of hydrogen-bond acceptors (Lipinski definition) is 3. The van der Waals surface area contributed by atoms with Gasteiger partial charge in [-0.3, -0.25) is 4.90 Å². The molecule has 0 amide bonds. The third-order valence-electron chi connectivity index (χ3n) is 3.66. The first kappa shape index (κ1) is 12.6. The molecule has 0 radical (unpaired) electrons. The van der Waals surface area contributed by atoms with Gasteiger partial charge in [-0.15, -0.1) is 0 Å². The summed E-state index contributed by atoms with van der Waals surface area (Å²) in [4.78, 5) is 4.88. The lowest BCUT2D eigenvalue weighted by Gasteiger charge is -2.37. The highest BCUT2D eigenvalue weighted by Crippen LogP contribution is 2.21. The Labute approximate surface area is 104 Å². The van der Waals surface area contributed by atoms with Gasteiger partial charge in [0.25, 0.3) is 0 Å². The van der Waals surface area contributed by atoms with Gasteiger partial charge in [-0.2, -0.15) is 0 Å². The SMILES string of the molecule is Cc1ccc([C@H](CN)N2CCN(C)CC2)cc1. The Morgan fingerprint density at radius 3 is 2.24 bits per heavy atom. The van der Waals surface area contributed by atoms with Crippen molar-refractivity contribution in [2.45, 2.75) is 13.0 Å². The highest BCUT2D eigenvalue weighted by atomic mass is 15.3. The molecular formula is C14H23N3. The Balaban J connectivity index is 2.08. The second-order valence-electron chi connectivity index (χ2n) is 5.00. The number of nitrogens with zero attached hydrogens (tertiary/aromatic N) is 2. The van der Waals surface area contributed by atoms with E-state index in [9.17, 15) is 0 Å². The maximum atomic E-state index is 5.95. The van der Waals surface area contributed by atoms with Crippen molar-refractivity contribution in [2.75, 3.05) is 39.8 Å². The lowest BCUT2D eigenvalue weighted by Crippen LogP contribution is -2.47. The molecule has 1 aromatic rings. The van der Waals surface area contributed by atoms with Gasteiger partial charge in [0.1, 0.15) is 0 Å². The maximum Gasteiger partial charge on any atom is 0.0471 e. The Morgan fingerprint density at radius 1 is 1.12 bits per heavy atom. The van der Waals surface area contributed by atoms with Crippen molar-refractivity contribution in [2.24, 2.45) is 5.73 Å². The highest BCUT2D eigenvalue weighted by molar-refractivity contribution is 5.24. The molecule has 94 valence electrons. The van der Waals surface area contributed by atoms with Gasteiger partial charge in [-0.05, 0) is 19.5 Å². The Bertz CT molecular complexity index is 339. The first-order valence-corrected chi connectivity index (χ1v) is 6.40. The summed E-state index contributed by atoms with van der Waals surface area (Å²) in [6, 6.07) is 9.16. The van der Waals surface area contributed by atoms with Crippen LogP contribution in [0.3, 0.4) is 0 Å². The summed E-state index contributed by atoms with van der Waals surface area (Å²) in [5.41, 5.74) is 8.61. The summed E-state index contributed by atoms with van der Waals surface area (Å²) in [5, 5.41) is 0. The molecule has 1 aliphatic rings. The van der Waals surface area contributed by atoms with Gasteiger partial charge >= 0.3 is 0 Å². The van der Waals surface area contributed by atoms with E-state index in [0.717, 1.165) is 26.2 Å². The minimum absolute atomic E-state index is 0.379. The number of likely N-dealkylation sites (N-methyl/N-ethyl adjacent to an activating group) is 1. The summed E-state index contributed by atoms with van der Waals surface area (Å²) >= 11 is 0. The number of rotatable bonds is 3. The third-order valence-corrected chi connectivity index (χ3v) is 3.66. The number of benzene rings is 1. The summed E-state index contributed by atoms with van der Waals surface area (Å²) in [5.74, 6) is 0. The summed E-state index contributed by atoms with van der Waals surface area (Å²) in [7, 11) is 2.18. The van der Waals surface area contributed by atoms with Crippen LogP contribution in [0.4, 0.5) is 0 Å². The predicted octanol–water partition coefficient (Wildman–Crippen LogP) is 1.24. The second-order valence-corrected chi connectivity index (χ2v) is 5.00. The van der Waals surface area contributed by atoms with Crippen molar-refractivity contribution in [1.29, 1.82) is 0 Å². The summed E-state index contributed by atoms with van der Waals surface area (Å²) in [6.45, 7) is 7.34. The molecule has 1 fully saturated rings. The van der Waals surface area contributed by atoms with Gasteiger partial charge in [-0.1, -0.05) is 29.8 Å². The molecule has 0 aromatic heterocycles. The first-order chi connectivity index (χ1) is 8.20. The second kappa shape index (κ2) is 5.63. The molecule has 1 heterocycles. The monoisotopic (exact) mass is 233 g/mol. The minimum atomic E-state index is 0.379. The van der Waals surface area contributed by atoms with E-state index in [1.165, 1.54) is 11.1 Å². The molecule has 0 spiro atoms. The molecule has 0 unspecified atom stereocenters. The predicted molar refractivity (Wildman–Crippen MR) is 72.0 cm³/mol. The molecule has 1 saturated heterocycles. The minimum Gasteiger partial charge on any atom is -0.329 e. The van der Waals surface area contributed by atoms with Crippen molar-refractivity contribution in [3.8, 4) is 0 Å². The van der Waals surface area contributed by atoms with Gasteiger partial charge in [0.05, 0.1) is 0 Å². The topological polar surface area (TPSA) is 32.5 Å². The van der Waals surface area contributed by atoms with Crippen LogP contribution in [0.15, 0.2) is 24.3 Å². The van der Waals surface area contributed by atoms with Crippen LogP contribution in [0.5, 0.6) is 0 Å². The molecule has 1 aromatic carbocycles. The van der Waals surface area contributed by atoms with Crippen LogP contribution >= 0.6 is 0 Å². The lowest BCUT2D eigenvalue weighted by atomic mass is 10.0. The van der Waals surface area contributed by atoms with E-state index in [-0.39, 0.29) is 0 Å². The van der Waals surface area contributed by atoms with Crippen LogP contribution < -0.4 is 5.73 Å². The molecule has 1 atom stereocenters. The summed E-state index contributed by atoms with van der Waals surface area (Å²) < 4.78 is 0. The number of aryl methyl sites for hydroxylation is 1. The molecule has 17 heavy (non-hydrogen) atoms. The van der Waals surface area contributed by atoms with E-state index in [2.05, 4.69) is 48.0 Å². The average Bonchev–Trinajstić information content (AvgIpc) is 2.35. The molecule has 3 heteroatoms. The van der Waals surface area contributed by atoms with Gasteiger partial charge in [-0.25, -0.2) is 0 Å². The van der Waals surface area contributed by atoms with Crippen molar-refractivity contribution in [1.82, 2.24) is 9.80 Å². The molecule has 0 aliphatic carbocycles. The van der Waals surface area contributed by atoms with Crippen molar-refractivity contribution < 1.29 is 0 Å². The molecule has 3 nitrogen and oxygen atoms in total. The van der Waals surface area contributed by atoms with Crippen LogP contribution in [0.1, 0.15) is 17.2 Å². The average molecular weight is 233 g/mol. The Hall–Kier alpha value is -0.900. The van der Waals surface area contributed by atoms with Crippen molar-refractivity contribution in [3.63, 3.8) is 0 Å². The van der Waals surface area contributed by atoms with Crippen molar-refractivity contribution in [3.05, 3.63) is 35.4 Å². The van der Waals surface area contributed by atoms with E-state index < -0.39 is 0 Å². The molecule has 0 saturated carbocycles. The summed E-state index contributed by atoms with van der Waals surface area (Å²) in [6.07, 6.45) is 0. The molecule has 0 bridgehead atoms. The Morgan fingerprint density at radius 2 is 1.71 bits per heavy atom. The zero-order chi connectivity index (χ0) is 12.3. The Kier molecular flexibility index (Phi) is 4.15. The first-order valence-electron chi connectivity index (χ1n) is 6.40. The van der Waals surface area contributed by atoms with Gasteiger partial charge in [0.15, 0.2) is 0 Å². The fourth-order valence-electron chi connectivity index (χ4n) is 2.42. The van der Waals surface area contributed by atoms with Crippen LogP contribution in [0.25, 0.3) is 0 Å². The zero-order valence-electron chi connectivity index (χ0n) is 10.9. The highest BCUT2D eigenvalue weighted by Gasteiger charge is 2.22. The maximum absolute atomic E-state index is 5.95. The van der Waals surface area contributed by atoms with E-state index in [1.54, 1.807) is 0 Å². The van der Waals surface area contributed by atoms with Crippen molar-refractivity contribution >= 4 is 0 Å². The molecular weight excluding hydrogens is 210 g/mol.